The molecule has 0 aliphatic carbocycles. The van der Waals surface area contributed by atoms with Crippen LogP contribution >= 0.6 is 0 Å². The molecule has 0 aromatic rings. The Morgan fingerprint density at radius 3 is 2.62 bits per heavy atom. The number of carbonyl (C=O) groups is 3. The summed E-state index contributed by atoms with van der Waals surface area (Å²) in [5.41, 5.74) is 4.97. The van der Waals surface area contributed by atoms with Crippen molar-refractivity contribution in [2.75, 3.05) is 6.61 Å². The van der Waals surface area contributed by atoms with Gasteiger partial charge in [-0.1, -0.05) is 0 Å². The number of ether oxygens (including phenoxy) is 1. The molecule has 2 atom stereocenters. The number of hydrogen-bond donors (Lipinski definition) is 3. The summed E-state index contributed by atoms with van der Waals surface area (Å²) in [6.07, 6.45) is 0.229. The Kier molecular flexibility index (Phi) is 4.24. The lowest BCUT2D eigenvalue weighted by Gasteiger charge is -2.16. The molecular weight excluding hydrogens is 216 g/mol. The van der Waals surface area contributed by atoms with Gasteiger partial charge in [0.25, 0.3) is 0 Å². The Bertz CT molecular complexity index is 298. The Morgan fingerprint density at radius 2 is 2.19 bits per heavy atom. The SMILES string of the molecule is NC(=O)[C@@H](CC(=O)O)NC(=O)[C@H]1CCCO1. The van der Waals surface area contributed by atoms with Crippen LogP contribution in [0, 0.1) is 0 Å². The summed E-state index contributed by atoms with van der Waals surface area (Å²) in [5, 5.41) is 10.8. The van der Waals surface area contributed by atoms with Gasteiger partial charge < -0.3 is 20.9 Å². The fourth-order valence-corrected chi connectivity index (χ4v) is 1.45. The number of nitrogens with one attached hydrogen (secondary N) is 1. The maximum atomic E-state index is 11.5. The van der Waals surface area contributed by atoms with Crippen LogP contribution < -0.4 is 11.1 Å². The van der Waals surface area contributed by atoms with E-state index in [0.717, 1.165) is 6.42 Å². The number of carbonyl (C=O) groups excluding carboxylic acids is 2. The maximum absolute atomic E-state index is 11.5. The van der Waals surface area contributed by atoms with Gasteiger partial charge in [-0.3, -0.25) is 14.4 Å². The molecule has 1 aliphatic heterocycles. The molecule has 0 spiro atoms. The van der Waals surface area contributed by atoms with Gasteiger partial charge in [-0.25, -0.2) is 0 Å². The fraction of sp³-hybridized carbons (Fsp3) is 0.667. The Morgan fingerprint density at radius 1 is 1.50 bits per heavy atom. The molecule has 7 nitrogen and oxygen atoms in total. The molecule has 1 aliphatic rings. The number of carboxylic acid groups (broad SMARTS) is 1. The van der Waals surface area contributed by atoms with Crippen molar-refractivity contribution in [3.05, 3.63) is 0 Å². The highest BCUT2D eigenvalue weighted by Crippen LogP contribution is 2.12. The molecule has 4 N–H and O–H groups in total. The number of hydrogen-bond acceptors (Lipinski definition) is 4. The first kappa shape index (κ1) is 12.4. The first-order valence-electron chi connectivity index (χ1n) is 4.94. The van der Waals surface area contributed by atoms with E-state index in [1.807, 2.05) is 0 Å². The van der Waals surface area contributed by atoms with Gasteiger partial charge in [0.1, 0.15) is 12.1 Å². The molecule has 0 unspecified atom stereocenters. The molecule has 0 saturated carbocycles. The molecule has 2 amide bonds. The van der Waals surface area contributed by atoms with E-state index in [1.54, 1.807) is 0 Å². The molecule has 1 fully saturated rings. The summed E-state index contributed by atoms with van der Waals surface area (Å²) in [6.45, 7) is 0.498. The van der Waals surface area contributed by atoms with Crippen LogP contribution in [0.4, 0.5) is 0 Å². The molecule has 0 radical (unpaired) electrons. The standard InChI is InChI=1S/C9H14N2O5/c10-8(14)5(4-7(12)13)11-9(15)6-2-1-3-16-6/h5-6H,1-4H2,(H2,10,14)(H,11,15)(H,12,13)/t5-,6-/m1/s1. The lowest BCUT2D eigenvalue weighted by atomic mass is 10.1. The fourth-order valence-electron chi connectivity index (χ4n) is 1.45. The Labute approximate surface area is 91.9 Å². The van der Waals surface area contributed by atoms with Crippen LogP contribution in [0.3, 0.4) is 0 Å². The van der Waals surface area contributed by atoms with E-state index >= 15 is 0 Å². The zero-order valence-corrected chi connectivity index (χ0v) is 8.64. The van der Waals surface area contributed by atoms with E-state index in [9.17, 15) is 14.4 Å². The lowest BCUT2D eigenvalue weighted by molar-refractivity contribution is -0.141. The predicted molar refractivity (Wildman–Crippen MR) is 52.4 cm³/mol. The number of rotatable bonds is 5. The third-order valence-corrected chi connectivity index (χ3v) is 2.26. The third-order valence-electron chi connectivity index (χ3n) is 2.26. The van der Waals surface area contributed by atoms with Crippen molar-refractivity contribution < 1.29 is 24.2 Å². The zero-order valence-electron chi connectivity index (χ0n) is 8.64. The third kappa shape index (κ3) is 3.50. The van der Waals surface area contributed by atoms with Crippen molar-refractivity contribution >= 4 is 17.8 Å². The van der Waals surface area contributed by atoms with Crippen LogP contribution in [0.1, 0.15) is 19.3 Å². The van der Waals surface area contributed by atoms with Gasteiger partial charge >= 0.3 is 5.97 Å². The van der Waals surface area contributed by atoms with Crippen LogP contribution in [0.5, 0.6) is 0 Å². The highest BCUT2D eigenvalue weighted by Gasteiger charge is 2.28. The minimum atomic E-state index is -1.20. The Balaban J connectivity index is 2.50. The first-order chi connectivity index (χ1) is 7.50. The smallest absolute Gasteiger partial charge is 0.305 e. The molecule has 16 heavy (non-hydrogen) atoms. The lowest BCUT2D eigenvalue weighted by Crippen LogP contribution is -2.48. The largest absolute Gasteiger partial charge is 0.481 e. The molecule has 90 valence electrons. The molecule has 0 aromatic heterocycles. The van der Waals surface area contributed by atoms with Gasteiger partial charge in [-0.05, 0) is 12.8 Å². The van der Waals surface area contributed by atoms with E-state index in [0.29, 0.717) is 13.0 Å². The van der Waals surface area contributed by atoms with Gasteiger partial charge in [0.2, 0.25) is 11.8 Å². The number of aliphatic carboxylic acids is 1. The molecule has 0 aromatic carbocycles. The predicted octanol–water partition coefficient (Wildman–Crippen LogP) is -1.39. The number of primary amides is 1. The average molecular weight is 230 g/mol. The molecule has 0 bridgehead atoms. The average Bonchev–Trinajstić information content (AvgIpc) is 2.68. The van der Waals surface area contributed by atoms with E-state index in [4.69, 9.17) is 15.6 Å². The summed E-state index contributed by atoms with van der Waals surface area (Å²) in [7, 11) is 0. The molecule has 7 heteroatoms. The van der Waals surface area contributed by atoms with Gasteiger partial charge in [0.05, 0.1) is 6.42 Å². The second-order valence-electron chi connectivity index (χ2n) is 3.56. The minimum absolute atomic E-state index is 0.484. The van der Waals surface area contributed by atoms with E-state index in [-0.39, 0.29) is 0 Å². The second kappa shape index (κ2) is 5.45. The molecule has 1 rings (SSSR count). The van der Waals surface area contributed by atoms with E-state index in [2.05, 4.69) is 5.32 Å². The summed E-state index contributed by atoms with van der Waals surface area (Å²) in [5.74, 6) is -2.55. The monoisotopic (exact) mass is 230 g/mol. The van der Waals surface area contributed by atoms with Crippen LogP contribution in [-0.2, 0) is 19.1 Å². The molecule has 1 saturated heterocycles. The summed E-state index contributed by atoms with van der Waals surface area (Å²) < 4.78 is 5.09. The van der Waals surface area contributed by atoms with E-state index in [1.165, 1.54) is 0 Å². The first-order valence-corrected chi connectivity index (χ1v) is 4.94. The van der Waals surface area contributed by atoms with Crippen LogP contribution in [0.25, 0.3) is 0 Å². The Hall–Kier alpha value is -1.63. The van der Waals surface area contributed by atoms with Crippen molar-refractivity contribution in [2.45, 2.75) is 31.4 Å². The highest BCUT2D eigenvalue weighted by molar-refractivity contribution is 5.91. The van der Waals surface area contributed by atoms with Gasteiger partial charge in [0.15, 0.2) is 0 Å². The number of nitrogens with two attached hydrogens (primary N) is 1. The van der Waals surface area contributed by atoms with Crippen molar-refractivity contribution in [2.24, 2.45) is 5.73 Å². The maximum Gasteiger partial charge on any atom is 0.305 e. The van der Waals surface area contributed by atoms with Crippen LogP contribution in [-0.4, -0.2) is 41.6 Å². The van der Waals surface area contributed by atoms with Crippen LogP contribution in [0.15, 0.2) is 0 Å². The van der Waals surface area contributed by atoms with Crippen molar-refractivity contribution in [1.82, 2.24) is 5.32 Å². The second-order valence-corrected chi connectivity index (χ2v) is 3.56. The van der Waals surface area contributed by atoms with Gasteiger partial charge in [0, 0.05) is 6.61 Å². The van der Waals surface area contributed by atoms with Crippen molar-refractivity contribution in [3.63, 3.8) is 0 Å². The quantitative estimate of drug-likeness (QED) is 0.537. The molecule has 1 heterocycles. The summed E-state index contributed by atoms with van der Waals surface area (Å²) in [4.78, 5) is 32.8. The van der Waals surface area contributed by atoms with E-state index < -0.39 is 36.4 Å². The highest BCUT2D eigenvalue weighted by atomic mass is 16.5. The van der Waals surface area contributed by atoms with Crippen molar-refractivity contribution in [1.29, 1.82) is 0 Å². The van der Waals surface area contributed by atoms with Gasteiger partial charge in [-0.2, -0.15) is 0 Å². The number of amides is 2. The van der Waals surface area contributed by atoms with Crippen LogP contribution in [0.2, 0.25) is 0 Å². The molecular formula is C9H14N2O5. The van der Waals surface area contributed by atoms with Crippen molar-refractivity contribution in [3.8, 4) is 0 Å². The summed E-state index contributed by atoms with van der Waals surface area (Å²) in [6, 6.07) is -1.19. The van der Waals surface area contributed by atoms with Gasteiger partial charge in [-0.15, -0.1) is 0 Å². The zero-order chi connectivity index (χ0) is 12.1. The topological polar surface area (TPSA) is 119 Å². The summed E-state index contributed by atoms with van der Waals surface area (Å²) >= 11 is 0. The number of carboxylic acids is 1. The normalized spacial score (nSPS) is 21.4. The minimum Gasteiger partial charge on any atom is -0.481 e.